The van der Waals surface area contributed by atoms with E-state index < -0.39 is 41.1 Å². The average molecular weight is 583 g/mol. The molecular formula is C33H46N2O7. The average Bonchev–Trinajstić information content (AvgIpc) is 3.50. The minimum atomic E-state index is -1.25. The molecule has 3 aliphatic rings. The number of nitrogens with zero attached hydrogens (tertiary/aromatic N) is 2. The first-order chi connectivity index (χ1) is 20.1. The summed E-state index contributed by atoms with van der Waals surface area (Å²) in [5.74, 6) is -2.52. The molecule has 1 aromatic carbocycles. The molecular weight excluding hydrogens is 536 g/mol. The molecule has 3 aliphatic heterocycles. The largest absolute Gasteiger partial charge is 0.497 e. The predicted octanol–water partition coefficient (Wildman–Crippen LogP) is 4.14. The summed E-state index contributed by atoms with van der Waals surface area (Å²) in [7, 11) is 1.57. The van der Waals surface area contributed by atoms with E-state index in [2.05, 4.69) is 13.2 Å². The van der Waals surface area contributed by atoms with Gasteiger partial charge >= 0.3 is 5.97 Å². The van der Waals surface area contributed by atoms with Crippen LogP contribution in [0.3, 0.4) is 0 Å². The molecule has 0 saturated carbocycles. The monoisotopic (exact) mass is 582 g/mol. The van der Waals surface area contributed by atoms with Crippen molar-refractivity contribution in [1.29, 1.82) is 0 Å². The number of likely N-dealkylation sites (tertiary alicyclic amines) is 1. The number of methoxy groups -OCH3 is 1. The molecule has 2 amide bonds. The van der Waals surface area contributed by atoms with E-state index in [1.165, 1.54) is 4.90 Å². The van der Waals surface area contributed by atoms with Crippen molar-refractivity contribution in [3.05, 3.63) is 49.6 Å². The number of fused-ring (bicyclic) bond motifs is 1. The number of carbonyl (C=O) groups is 3. The van der Waals surface area contributed by atoms with E-state index in [9.17, 15) is 19.5 Å². The lowest BCUT2D eigenvalue weighted by atomic mass is 9.62. The second-order valence-corrected chi connectivity index (χ2v) is 12.1. The number of aliphatic hydroxyl groups is 1. The second-order valence-electron chi connectivity index (χ2n) is 12.1. The summed E-state index contributed by atoms with van der Waals surface area (Å²) in [6, 6.07) is 5.43. The van der Waals surface area contributed by atoms with E-state index in [1.807, 2.05) is 27.7 Å². The van der Waals surface area contributed by atoms with Crippen LogP contribution in [-0.4, -0.2) is 77.9 Å². The second kappa shape index (κ2) is 12.6. The smallest absolute Gasteiger partial charge is 0.312 e. The lowest BCUT2D eigenvalue weighted by Gasteiger charge is -2.41. The van der Waals surface area contributed by atoms with Gasteiger partial charge in [0.2, 0.25) is 5.91 Å². The first kappa shape index (κ1) is 31.8. The Labute approximate surface area is 249 Å². The molecule has 0 aliphatic carbocycles. The molecule has 0 aromatic heterocycles. The van der Waals surface area contributed by atoms with Gasteiger partial charge in [-0.1, -0.05) is 39.3 Å². The number of carbonyl (C=O) groups excluding carboxylic acids is 3. The number of rotatable bonds is 14. The highest BCUT2D eigenvalue weighted by Crippen LogP contribution is 2.66. The van der Waals surface area contributed by atoms with Gasteiger partial charge in [0.05, 0.1) is 37.9 Å². The molecule has 8 atom stereocenters. The van der Waals surface area contributed by atoms with Crippen LogP contribution in [0.5, 0.6) is 5.75 Å². The lowest BCUT2D eigenvalue weighted by Crippen LogP contribution is -2.60. The third kappa shape index (κ3) is 5.04. The molecule has 230 valence electrons. The van der Waals surface area contributed by atoms with Crippen molar-refractivity contribution in [3.63, 3.8) is 0 Å². The molecule has 3 heterocycles. The van der Waals surface area contributed by atoms with Gasteiger partial charge in [0.1, 0.15) is 23.3 Å². The molecule has 3 saturated heterocycles. The van der Waals surface area contributed by atoms with E-state index in [1.54, 1.807) is 48.4 Å². The summed E-state index contributed by atoms with van der Waals surface area (Å²) >= 11 is 0. The standard InChI is InChI=1S/C33H46N2O7/c1-8-11-12-18-41-31(39)27-26-29(37)35(25(20-36)21(4)10-3)28(33(26)19-22(5)32(27,6)42-33)30(38)34(17-9-2)23-13-15-24(40-7)16-14-23/h8-9,13-16,21-22,25-28,36H,1-2,10-12,17-20H2,3-7H3/t21-,22?,25-,26-,27+,28?,32-,33?/m0/s1. The Morgan fingerprint density at radius 2 is 1.95 bits per heavy atom. The van der Waals surface area contributed by atoms with Crippen LogP contribution in [0.1, 0.15) is 53.4 Å². The van der Waals surface area contributed by atoms with Gasteiger partial charge in [-0.05, 0) is 62.3 Å². The van der Waals surface area contributed by atoms with Crippen LogP contribution in [-0.2, 0) is 23.9 Å². The Kier molecular flexibility index (Phi) is 9.52. The summed E-state index contributed by atoms with van der Waals surface area (Å²) in [6.45, 7) is 15.5. The number of benzene rings is 1. The minimum absolute atomic E-state index is 0.104. The Balaban J connectivity index is 1.83. The van der Waals surface area contributed by atoms with Crippen molar-refractivity contribution in [3.8, 4) is 5.75 Å². The van der Waals surface area contributed by atoms with E-state index >= 15 is 0 Å². The zero-order valence-corrected chi connectivity index (χ0v) is 25.6. The molecule has 1 spiro atoms. The normalized spacial score (nSPS) is 30.9. The number of anilines is 1. The number of ether oxygens (including phenoxy) is 3. The fraction of sp³-hybridized carbons (Fsp3) is 0.606. The van der Waals surface area contributed by atoms with Crippen LogP contribution in [0.15, 0.2) is 49.6 Å². The predicted molar refractivity (Wildman–Crippen MR) is 160 cm³/mol. The Morgan fingerprint density at radius 1 is 1.26 bits per heavy atom. The molecule has 3 unspecified atom stereocenters. The van der Waals surface area contributed by atoms with Crippen LogP contribution >= 0.6 is 0 Å². The van der Waals surface area contributed by atoms with Crippen LogP contribution < -0.4 is 9.64 Å². The van der Waals surface area contributed by atoms with Gasteiger partial charge in [0.25, 0.3) is 5.91 Å². The van der Waals surface area contributed by atoms with Gasteiger partial charge in [-0.25, -0.2) is 0 Å². The first-order valence-electron chi connectivity index (χ1n) is 15.0. The molecule has 9 heteroatoms. The topological polar surface area (TPSA) is 106 Å². The maximum absolute atomic E-state index is 14.8. The van der Waals surface area contributed by atoms with Crippen molar-refractivity contribution in [2.45, 2.75) is 76.7 Å². The summed E-state index contributed by atoms with van der Waals surface area (Å²) in [5, 5.41) is 10.6. The lowest BCUT2D eigenvalue weighted by molar-refractivity contribution is -0.163. The van der Waals surface area contributed by atoms with Crippen LogP contribution in [0.4, 0.5) is 5.69 Å². The molecule has 0 radical (unpaired) electrons. The van der Waals surface area contributed by atoms with Gasteiger partial charge < -0.3 is 29.1 Å². The van der Waals surface area contributed by atoms with Gasteiger partial charge in [0, 0.05) is 12.2 Å². The molecule has 9 nitrogen and oxygen atoms in total. The van der Waals surface area contributed by atoms with E-state index in [-0.39, 0.29) is 43.4 Å². The highest BCUT2D eigenvalue weighted by molar-refractivity contribution is 6.05. The third-order valence-corrected chi connectivity index (χ3v) is 9.84. The number of allylic oxidation sites excluding steroid dienone is 1. The quantitative estimate of drug-likeness (QED) is 0.200. The molecule has 2 bridgehead atoms. The maximum Gasteiger partial charge on any atom is 0.312 e. The number of hydrogen-bond donors (Lipinski definition) is 1. The zero-order valence-electron chi connectivity index (χ0n) is 25.6. The van der Waals surface area contributed by atoms with Crippen LogP contribution in [0.25, 0.3) is 0 Å². The van der Waals surface area contributed by atoms with Gasteiger partial charge in [-0.15, -0.1) is 13.2 Å². The molecule has 1 N–H and O–H groups in total. The van der Waals surface area contributed by atoms with Crippen molar-refractivity contribution >= 4 is 23.5 Å². The first-order valence-corrected chi connectivity index (χ1v) is 15.0. The van der Waals surface area contributed by atoms with E-state index in [0.717, 1.165) is 0 Å². The third-order valence-electron chi connectivity index (χ3n) is 9.84. The maximum atomic E-state index is 14.8. The molecule has 1 aromatic rings. The van der Waals surface area contributed by atoms with Crippen LogP contribution in [0.2, 0.25) is 0 Å². The molecule has 42 heavy (non-hydrogen) atoms. The zero-order chi connectivity index (χ0) is 30.8. The SMILES string of the molecule is C=CCCCOC(=O)[C@H]1[C@H]2C(=O)N([C@@H](CO)[C@@H](C)CC)C(C(=O)N(CC=C)c3ccc(OC)cc3)C23CC(C)[C@]1(C)O3. The number of unbranched alkanes of at least 4 members (excludes halogenated alkanes) is 1. The Bertz CT molecular complexity index is 1190. The van der Waals surface area contributed by atoms with E-state index in [0.29, 0.717) is 37.1 Å². The number of hydrogen-bond acceptors (Lipinski definition) is 7. The Hall–Kier alpha value is -3.17. The van der Waals surface area contributed by atoms with E-state index in [4.69, 9.17) is 14.2 Å². The summed E-state index contributed by atoms with van der Waals surface area (Å²) < 4.78 is 17.8. The molecule has 4 rings (SSSR count). The summed E-state index contributed by atoms with van der Waals surface area (Å²) in [6.07, 6.45) is 5.85. The van der Waals surface area contributed by atoms with Crippen molar-refractivity contribution in [2.75, 3.05) is 31.8 Å². The fourth-order valence-electron chi connectivity index (χ4n) is 7.34. The van der Waals surface area contributed by atoms with Crippen molar-refractivity contribution in [1.82, 2.24) is 4.90 Å². The van der Waals surface area contributed by atoms with Gasteiger partial charge in [-0.3, -0.25) is 14.4 Å². The van der Waals surface area contributed by atoms with Crippen molar-refractivity contribution < 1.29 is 33.7 Å². The minimum Gasteiger partial charge on any atom is -0.497 e. The molecule has 3 fully saturated rings. The number of aliphatic hydroxyl groups excluding tert-OH is 1. The highest BCUT2D eigenvalue weighted by atomic mass is 16.6. The summed E-state index contributed by atoms with van der Waals surface area (Å²) in [4.78, 5) is 46.2. The van der Waals surface area contributed by atoms with Crippen molar-refractivity contribution in [2.24, 2.45) is 23.7 Å². The Morgan fingerprint density at radius 3 is 2.52 bits per heavy atom. The fourth-order valence-corrected chi connectivity index (χ4v) is 7.34. The summed E-state index contributed by atoms with van der Waals surface area (Å²) in [5.41, 5.74) is -1.61. The highest BCUT2D eigenvalue weighted by Gasteiger charge is 2.81. The number of amides is 2. The van der Waals surface area contributed by atoms with Crippen LogP contribution in [0, 0.1) is 23.7 Å². The number of esters is 1. The van der Waals surface area contributed by atoms with Gasteiger partial charge in [-0.2, -0.15) is 0 Å². The van der Waals surface area contributed by atoms with Gasteiger partial charge in [0.15, 0.2) is 0 Å².